The SMILES string of the molecule is COc1ccc2c(c1)nc(CC(N)C(C)C)n2C(C)C. The monoisotopic (exact) mass is 275 g/mol. The Bertz CT molecular complexity index is 587. The highest BCUT2D eigenvalue weighted by atomic mass is 16.5. The van der Waals surface area contributed by atoms with Crippen LogP contribution < -0.4 is 10.5 Å². The van der Waals surface area contributed by atoms with Gasteiger partial charge < -0.3 is 15.0 Å². The normalized spacial score (nSPS) is 13.4. The minimum atomic E-state index is 0.131. The van der Waals surface area contributed by atoms with Crippen LogP contribution in [0.25, 0.3) is 11.0 Å². The maximum Gasteiger partial charge on any atom is 0.121 e. The molecule has 1 aromatic carbocycles. The Morgan fingerprint density at radius 3 is 2.50 bits per heavy atom. The van der Waals surface area contributed by atoms with Crippen molar-refractivity contribution < 1.29 is 4.74 Å². The number of fused-ring (bicyclic) bond motifs is 1. The zero-order chi connectivity index (χ0) is 14.9. The molecule has 20 heavy (non-hydrogen) atoms. The van der Waals surface area contributed by atoms with Gasteiger partial charge in [-0.15, -0.1) is 0 Å². The van der Waals surface area contributed by atoms with Gasteiger partial charge in [-0.2, -0.15) is 0 Å². The Balaban J connectivity index is 2.49. The van der Waals surface area contributed by atoms with Crippen LogP contribution in [0, 0.1) is 5.92 Å². The third kappa shape index (κ3) is 2.80. The van der Waals surface area contributed by atoms with Gasteiger partial charge in [-0.3, -0.25) is 0 Å². The average Bonchev–Trinajstić information content (AvgIpc) is 2.75. The number of benzene rings is 1. The minimum Gasteiger partial charge on any atom is -0.497 e. The lowest BCUT2D eigenvalue weighted by Gasteiger charge is -2.18. The van der Waals surface area contributed by atoms with Crippen LogP contribution in [0.15, 0.2) is 18.2 Å². The van der Waals surface area contributed by atoms with Crippen LogP contribution in [0.1, 0.15) is 39.6 Å². The maximum absolute atomic E-state index is 6.22. The summed E-state index contributed by atoms with van der Waals surface area (Å²) in [5.74, 6) is 2.35. The second-order valence-electron chi connectivity index (χ2n) is 5.96. The van der Waals surface area contributed by atoms with E-state index in [9.17, 15) is 0 Å². The molecule has 0 aliphatic heterocycles. The van der Waals surface area contributed by atoms with Crippen LogP contribution >= 0.6 is 0 Å². The number of nitrogens with two attached hydrogens (primary N) is 1. The second kappa shape index (κ2) is 5.83. The van der Waals surface area contributed by atoms with Crippen molar-refractivity contribution in [3.05, 3.63) is 24.0 Å². The van der Waals surface area contributed by atoms with E-state index in [2.05, 4.69) is 38.3 Å². The topological polar surface area (TPSA) is 53.1 Å². The summed E-state index contributed by atoms with van der Waals surface area (Å²) in [6.07, 6.45) is 0.798. The molecule has 0 radical (unpaired) electrons. The fourth-order valence-electron chi connectivity index (χ4n) is 2.42. The summed E-state index contributed by atoms with van der Waals surface area (Å²) >= 11 is 0. The third-order valence-electron chi connectivity index (χ3n) is 3.76. The van der Waals surface area contributed by atoms with E-state index in [1.54, 1.807) is 7.11 Å². The van der Waals surface area contributed by atoms with Gasteiger partial charge in [-0.05, 0) is 31.9 Å². The molecule has 1 heterocycles. The lowest BCUT2D eigenvalue weighted by molar-refractivity contribution is 0.415. The van der Waals surface area contributed by atoms with Gasteiger partial charge in [0.1, 0.15) is 11.6 Å². The van der Waals surface area contributed by atoms with Gasteiger partial charge in [0.2, 0.25) is 0 Å². The highest BCUT2D eigenvalue weighted by molar-refractivity contribution is 5.78. The molecule has 110 valence electrons. The fourth-order valence-corrected chi connectivity index (χ4v) is 2.42. The Morgan fingerprint density at radius 2 is 1.95 bits per heavy atom. The fraction of sp³-hybridized carbons (Fsp3) is 0.562. The number of methoxy groups -OCH3 is 1. The number of hydrogen-bond donors (Lipinski definition) is 1. The molecule has 0 fully saturated rings. The molecule has 0 bridgehead atoms. The van der Waals surface area contributed by atoms with E-state index >= 15 is 0 Å². The highest BCUT2D eigenvalue weighted by Crippen LogP contribution is 2.25. The molecular formula is C16H25N3O. The van der Waals surface area contributed by atoms with Gasteiger partial charge in [0.05, 0.1) is 18.1 Å². The molecule has 4 nitrogen and oxygen atoms in total. The molecule has 1 aromatic heterocycles. The molecule has 1 unspecified atom stereocenters. The first kappa shape index (κ1) is 14.9. The smallest absolute Gasteiger partial charge is 0.121 e. The summed E-state index contributed by atoms with van der Waals surface area (Å²) in [4.78, 5) is 4.77. The number of rotatable bonds is 5. The molecule has 4 heteroatoms. The first-order chi connectivity index (χ1) is 9.43. The predicted molar refractivity (Wildman–Crippen MR) is 83.2 cm³/mol. The van der Waals surface area contributed by atoms with Gasteiger partial charge in [0.15, 0.2) is 0 Å². The number of ether oxygens (including phenoxy) is 1. The molecule has 2 rings (SSSR count). The summed E-state index contributed by atoms with van der Waals surface area (Å²) in [5.41, 5.74) is 8.34. The van der Waals surface area contributed by atoms with Crippen molar-refractivity contribution in [2.45, 2.75) is 46.2 Å². The molecule has 2 aromatic rings. The lowest BCUT2D eigenvalue weighted by atomic mass is 10.0. The molecule has 0 aliphatic carbocycles. The van der Waals surface area contributed by atoms with E-state index in [1.807, 2.05) is 12.1 Å². The highest BCUT2D eigenvalue weighted by Gasteiger charge is 2.17. The minimum absolute atomic E-state index is 0.131. The molecule has 2 N–H and O–H groups in total. The third-order valence-corrected chi connectivity index (χ3v) is 3.76. The summed E-state index contributed by atoms with van der Waals surface area (Å²) in [7, 11) is 1.68. The van der Waals surface area contributed by atoms with Crippen LogP contribution in [-0.4, -0.2) is 22.7 Å². The summed E-state index contributed by atoms with van der Waals surface area (Å²) < 4.78 is 7.55. The van der Waals surface area contributed by atoms with Crippen molar-refractivity contribution in [1.29, 1.82) is 0 Å². The number of imidazole rings is 1. The van der Waals surface area contributed by atoms with Crippen LogP contribution in [0.3, 0.4) is 0 Å². The van der Waals surface area contributed by atoms with E-state index in [0.29, 0.717) is 12.0 Å². The Labute approximate surface area is 120 Å². The van der Waals surface area contributed by atoms with E-state index in [0.717, 1.165) is 29.0 Å². The second-order valence-corrected chi connectivity index (χ2v) is 5.96. The number of hydrogen-bond acceptors (Lipinski definition) is 3. The summed E-state index contributed by atoms with van der Waals surface area (Å²) in [6.45, 7) is 8.65. The van der Waals surface area contributed by atoms with Crippen LogP contribution in [0.4, 0.5) is 0 Å². The van der Waals surface area contributed by atoms with E-state index in [-0.39, 0.29) is 6.04 Å². The number of nitrogens with zero attached hydrogens (tertiary/aromatic N) is 2. The molecule has 0 saturated heterocycles. The van der Waals surface area contributed by atoms with Gasteiger partial charge in [-0.25, -0.2) is 4.98 Å². The first-order valence-electron chi connectivity index (χ1n) is 7.24. The van der Waals surface area contributed by atoms with Gasteiger partial charge in [-0.1, -0.05) is 13.8 Å². The molecule has 0 saturated carbocycles. The van der Waals surface area contributed by atoms with Crippen LogP contribution in [0.2, 0.25) is 0 Å². The van der Waals surface area contributed by atoms with E-state index in [1.165, 1.54) is 0 Å². The van der Waals surface area contributed by atoms with Gasteiger partial charge in [0, 0.05) is 24.6 Å². The van der Waals surface area contributed by atoms with Crippen molar-refractivity contribution in [1.82, 2.24) is 9.55 Å². The quantitative estimate of drug-likeness (QED) is 0.912. The lowest BCUT2D eigenvalue weighted by Crippen LogP contribution is -2.30. The Kier molecular flexibility index (Phi) is 4.33. The van der Waals surface area contributed by atoms with Crippen molar-refractivity contribution in [2.75, 3.05) is 7.11 Å². The van der Waals surface area contributed by atoms with Crippen LogP contribution in [-0.2, 0) is 6.42 Å². The zero-order valence-corrected chi connectivity index (χ0v) is 13.1. The molecule has 0 spiro atoms. The molecule has 0 amide bonds. The van der Waals surface area contributed by atoms with Gasteiger partial charge >= 0.3 is 0 Å². The predicted octanol–water partition coefficient (Wildman–Crippen LogP) is 3.15. The van der Waals surface area contributed by atoms with Crippen molar-refractivity contribution in [2.24, 2.45) is 11.7 Å². The van der Waals surface area contributed by atoms with Crippen molar-refractivity contribution in [3.63, 3.8) is 0 Å². The molecule has 0 aliphatic rings. The zero-order valence-electron chi connectivity index (χ0n) is 13.1. The summed E-state index contributed by atoms with van der Waals surface area (Å²) in [5, 5.41) is 0. The van der Waals surface area contributed by atoms with Crippen molar-refractivity contribution in [3.8, 4) is 5.75 Å². The molecular weight excluding hydrogens is 250 g/mol. The largest absolute Gasteiger partial charge is 0.497 e. The summed E-state index contributed by atoms with van der Waals surface area (Å²) in [6, 6.07) is 6.54. The van der Waals surface area contributed by atoms with E-state index < -0.39 is 0 Å². The van der Waals surface area contributed by atoms with E-state index in [4.69, 9.17) is 15.5 Å². The number of aromatic nitrogens is 2. The maximum atomic E-state index is 6.22. The van der Waals surface area contributed by atoms with Gasteiger partial charge in [0.25, 0.3) is 0 Å². The Morgan fingerprint density at radius 1 is 1.25 bits per heavy atom. The average molecular weight is 275 g/mol. The Hall–Kier alpha value is -1.55. The van der Waals surface area contributed by atoms with Crippen molar-refractivity contribution >= 4 is 11.0 Å². The first-order valence-corrected chi connectivity index (χ1v) is 7.24. The van der Waals surface area contributed by atoms with Crippen LogP contribution in [0.5, 0.6) is 5.75 Å². The standard InChI is InChI=1S/C16H25N3O/c1-10(2)13(17)9-16-18-14-8-12(20-5)6-7-15(14)19(16)11(3)4/h6-8,10-11,13H,9,17H2,1-5H3. The molecule has 1 atom stereocenters.